The third-order valence-corrected chi connectivity index (χ3v) is 3.20. The van der Waals surface area contributed by atoms with E-state index < -0.39 is 0 Å². The molecule has 0 spiro atoms. The summed E-state index contributed by atoms with van der Waals surface area (Å²) in [6.07, 6.45) is 3.35. The van der Waals surface area contributed by atoms with E-state index >= 15 is 0 Å². The largest absolute Gasteiger partial charge is 0.271 e. The number of benzene rings is 1. The van der Waals surface area contributed by atoms with E-state index in [0.29, 0.717) is 11.5 Å². The van der Waals surface area contributed by atoms with E-state index in [1.54, 1.807) is 25.4 Å². The van der Waals surface area contributed by atoms with Crippen LogP contribution in [0.3, 0.4) is 0 Å². The van der Waals surface area contributed by atoms with Gasteiger partial charge in [-0.3, -0.25) is 9.78 Å². The highest BCUT2D eigenvalue weighted by molar-refractivity contribution is 5.98. The number of nitrogens with one attached hydrogen (secondary N) is 1. The van der Waals surface area contributed by atoms with E-state index in [2.05, 4.69) is 30.9 Å². The van der Waals surface area contributed by atoms with Crippen molar-refractivity contribution < 1.29 is 4.79 Å². The molecular formula is C16H15N7O. The summed E-state index contributed by atoms with van der Waals surface area (Å²) in [6, 6.07) is 13.1. The van der Waals surface area contributed by atoms with Crippen molar-refractivity contribution in [3.05, 3.63) is 60.4 Å². The minimum Gasteiger partial charge on any atom is -0.271 e. The molecule has 8 nitrogen and oxygen atoms in total. The summed E-state index contributed by atoms with van der Waals surface area (Å²) >= 11 is 0. The average molecular weight is 321 g/mol. The Balaban J connectivity index is 1.61. The van der Waals surface area contributed by atoms with Crippen molar-refractivity contribution in [3.8, 4) is 11.4 Å². The van der Waals surface area contributed by atoms with Crippen LogP contribution in [0.2, 0.25) is 0 Å². The molecule has 1 amide bonds. The quantitative estimate of drug-likeness (QED) is 0.564. The zero-order valence-corrected chi connectivity index (χ0v) is 13.0. The van der Waals surface area contributed by atoms with E-state index in [4.69, 9.17) is 0 Å². The van der Waals surface area contributed by atoms with E-state index in [0.717, 1.165) is 11.1 Å². The Morgan fingerprint density at radius 1 is 1.21 bits per heavy atom. The van der Waals surface area contributed by atoms with Crippen molar-refractivity contribution in [2.24, 2.45) is 5.10 Å². The lowest BCUT2D eigenvalue weighted by Gasteiger charge is -2.01. The summed E-state index contributed by atoms with van der Waals surface area (Å²) < 4.78 is 0. The molecule has 0 bridgehead atoms. The lowest BCUT2D eigenvalue weighted by molar-refractivity contribution is -0.122. The first-order valence-electron chi connectivity index (χ1n) is 7.29. The SMILES string of the molecule is C/C(=N\NC(=O)Cn1nnc(-c2ccccc2)n1)c1cccnc1. The van der Waals surface area contributed by atoms with Gasteiger partial charge in [0.2, 0.25) is 5.82 Å². The number of hydrogen-bond acceptors (Lipinski definition) is 6. The van der Waals surface area contributed by atoms with Crippen LogP contribution in [0.5, 0.6) is 0 Å². The first-order valence-corrected chi connectivity index (χ1v) is 7.29. The van der Waals surface area contributed by atoms with Crippen molar-refractivity contribution in [2.45, 2.75) is 13.5 Å². The van der Waals surface area contributed by atoms with Gasteiger partial charge in [-0.05, 0) is 18.2 Å². The Kier molecular flexibility index (Phi) is 4.66. The molecule has 0 saturated carbocycles. The van der Waals surface area contributed by atoms with E-state index in [1.807, 2.05) is 36.4 Å². The fourth-order valence-electron chi connectivity index (χ4n) is 1.96. The first-order chi connectivity index (χ1) is 11.7. The third-order valence-electron chi connectivity index (χ3n) is 3.20. The molecule has 3 aromatic rings. The van der Waals surface area contributed by atoms with Gasteiger partial charge < -0.3 is 0 Å². The highest BCUT2D eigenvalue weighted by Gasteiger charge is 2.08. The molecular weight excluding hydrogens is 306 g/mol. The predicted octanol–water partition coefficient (Wildman–Crippen LogP) is 1.28. The van der Waals surface area contributed by atoms with Crippen LogP contribution in [0.1, 0.15) is 12.5 Å². The normalized spacial score (nSPS) is 11.3. The van der Waals surface area contributed by atoms with Crippen LogP contribution in [0.15, 0.2) is 60.0 Å². The summed E-state index contributed by atoms with van der Waals surface area (Å²) in [7, 11) is 0. The number of amides is 1. The zero-order chi connectivity index (χ0) is 16.8. The van der Waals surface area contributed by atoms with Gasteiger partial charge in [-0.15, -0.1) is 10.2 Å². The van der Waals surface area contributed by atoms with E-state index in [1.165, 1.54) is 4.80 Å². The molecule has 24 heavy (non-hydrogen) atoms. The molecule has 0 fully saturated rings. The van der Waals surface area contributed by atoms with Crippen LogP contribution < -0.4 is 5.43 Å². The minimum atomic E-state index is -0.338. The van der Waals surface area contributed by atoms with E-state index in [-0.39, 0.29) is 12.5 Å². The van der Waals surface area contributed by atoms with Crippen LogP contribution in [-0.2, 0) is 11.3 Å². The maximum absolute atomic E-state index is 11.9. The number of pyridine rings is 1. The van der Waals surface area contributed by atoms with Crippen LogP contribution in [0.25, 0.3) is 11.4 Å². The van der Waals surface area contributed by atoms with Gasteiger partial charge in [0.25, 0.3) is 5.91 Å². The lowest BCUT2D eigenvalue weighted by Crippen LogP contribution is -2.25. The number of hydrazone groups is 1. The number of nitrogens with zero attached hydrogens (tertiary/aromatic N) is 6. The van der Waals surface area contributed by atoms with Gasteiger partial charge in [0.15, 0.2) is 0 Å². The number of carbonyl (C=O) groups excluding carboxylic acids is 1. The Labute approximate surface area is 138 Å². The number of aromatic nitrogens is 5. The highest BCUT2D eigenvalue weighted by atomic mass is 16.2. The van der Waals surface area contributed by atoms with Gasteiger partial charge in [0.05, 0.1) is 5.71 Å². The molecule has 0 aliphatic heterocycles. The fraction of sp³-hybridized carbons (Fsp3) is 0.125. The molecule has 0 radical (unpaired) electrons. The third kappa shape index (κ3) is 3.86. The lowest BCUT2D eigenvalue weighted by atomic mass is 10.2. The van der Waals surface area contributed by atoms with Crippen LogP contribution >= 0.6 is 0 Å². The van der Waals surface area contributed by atoms with Gasteiger partial charge in [0, 0.05) is 23.5 Å². The monoisotopic (exact) mass is 321 g/mol. The predicted molar refractivity (Wildman–Crippen MR) is 87.8 cm³/mol. The molecule has 8 heteroatoms. The molecule has 0 aliphatic rings. The maximum Gasteiger partial charge on any atom is 0.263 e. The van der Waals surface area contributed by atoms with Gasteiger partial charge in [-0.25, -0.2) is 5.43 Å². The van der Waals surface area contributed by atoms with Crippen LogP contribution in [-0.4, -0.2) is 36.8 Å². The first kappa shape index (κ1) is 15.5. The molecule has 0 saturated heterocycles. The molecule has 0 unspecified atom stereocenters. The second-order valence-corrected chi connectivity index (χ2v) is 4.98. The molecule has 0 aliphatic carbocycles. The van der Waals surface area contributed by atoms with Gasteiger partial charge >= 0.3 is 0 Å². The van der Waals surface area contributed by atoms with Gasteiger partial charge in [-0.2, -0.15) is 9.90 Å². The average Bonchev–Trinajstić information content (AvgIpc) is 3.09. The molecule has 1 N–H and O–H groups in total. The summed E-state index contributed by atoms with van der Waals surface area (Å²) in [5.41, 5.74) is 4.81. The summed E-state index contributed by atoms with van der Waals surface area (Å²) in [4.78, 5) is 17.2. The second kappa shape index (κ2) is 7.23. The smallest absolute Gasteiger partial charge is 0.263 e. The molecule has 2 aromatic heterocycles. The van der Waals surface area contributed by atoms with E-state index in [9.17, 15) is 4.79 Å². The van der Waals surface area contributed by atoms with Crippen LogP contribution in [0, 0.1) is 0 Å². The molecule has 2 heterocycles. The Bertz CT molecular complexity index is 843. The minimum absolute atomic E-state index is 0.0658. The summed E-state index contributed by atoms with van der Waals surface area (Å²) in [5, 5.41) is 16.0. The maximum atomic E-state index is 11.9. The molecule has 3 rings (SSSR count). The van der Waals surface area contributed by atoms with Crippen molar-refractivity contribution >= 4 is 11.6 Å². The molecule has 120 valence electrons. The number of rotatable bonds is 5. The summed E-state index contributed by atoms with van der Waals surface area (Å²) in [5.74, 6) is 0.133. The Hall–Kier alpha value is -3.42. The standard InChI is InChI=1S/C16H15N7O/c1-12(14-8-5-9-17-10-14)18-19-15(24)11-23-21-16(20-22-23)13-6-3-2-4-7-13/h2-10H,11H2,1H3,(H,19,24)/b18-12+. The van der Waals surface area contributed by atoms with Gasteiger partial charge in [0.1, 0.15) is 6.54 Å². The number of hydrogen-bond donors (Lipinski definition) is 1. The van der Waals surface area contributed by atoms with Crippen molar-refractivity contribution in [1.29, 1.82) is 0 Å². The Morgan fingerprint density at radius 2 is 2.04 bits per heavy atom. The van der Waals surface area contributed by atoms with Gasteiger partial charge in [-0.1, -0.05) is 36.4 Å². The number of carbonyl (C=O) groups is 1. The Morgan fingerprint density at radius 3 is 2.79 bits per heavy atom. The number of tetrazole rings is 1. The topological polar surface area (TPSA) is 98.0 Å². The van der Waals surface area contributed by atoms with Crippen molar-refractivity contribution in [3.63, 3.8) is 0 Å². The van der Waals surface area contributed by atoms with Crippen LogP contribution in [0.4, 0.5) is 0 Å². The zero-order valence-electron chi connectivity index (χ0n) is 13.0. The molecule has 0 atom stereocenters. The summed E-state index contributed by atoms with van der Waals surface area (Å²) in [6.45, 7) is 1.72. The second-order valence-electron chi connectivity index (χ2n) is 4.98. The molecule has 1 aromatic carbocycles. The fourth-order valence-corrected chi connectivity index (χ4v) is 1.96. The van der Waals surface area contributed by atoms with Crippen molar-refractivity contribution in [2.75, 3.05) is 0 Å². The highest BCUT2D eigenvalue weighted by Crippen LogP contribution is 2.11. The van der Waals surface area contributed by atoms with Crippen molar-refractivity contribution in [1.82, 2.24) is 30.6 Å².